The van der Waals surface area contributed by atoms with E-state index < -0.39 is 18.7 Å². The Kier molecular flexibility index (Phi) is 6.38. The first-order valence-electron chi connectivity index (χ1n) is 8.13. The summed E-state index contributed by atoms with van der Waals surface area (Å²) in [5.74, 6) is 0.186. The fraction of sp³-hybridized carbons (Fsp3) is 0.647. The van der Waals surface area contributed by atoms with Gasteiger partial charge < -0.3 is 13.9 Å². The van der Waals surface area contributed by atoms with Crippen LogP contribution in [0, 0.1) is 0 Å². The molecule has 0 spiro atoms. The Morgan fingerprint density at radius 3 is 2.33 bits per heavy atom. The number of hydrogen-bond donors (Lipinski definition) is 1. The van der Waals surface area contributed by atoms with Gasteiger partial charge in [0.15, 0.2) is 0 Å². The van der Waals surface area contributed by atoms with Crippen molar-refractivity contribution in [2.75, 3.05) is 5.32 Å². The van der Waals surface area contributed by atoms with Gasteiger partial charge in [-0.15, -0.1) is 10.6 Å². The molecule has 7 heteroatoms. The van der Waals surface area contributed by atoms with Crippen molar-refractivity contribution < 1.29 is 9.00 Å². The summed E-state index contributed by atoms with van der Waals surface area (Å²) in [6.45, 7) is 17.0. The van der Waals surface area contributed by atoms with Crippen LogP contribution in [0.5, 0.6) is 0 Å². The minimum atomic E-state index is -1.55. The minimum absolute atomic E-state index is 0.208. The molecule has 0 bridgehead atoms. The van der Waals surface area contributed by atoms with E-state index >= 15 is 0 Å². The summed E-state index contributed by atoms with van der Waals surface area (Å²) in [7, 11) is -3.10. The number of carbonyl (C=O) groups excluding carboxylic acids is 1. The lowest BCUT2D eigenvalue weighted by molar-refractivity contribution is -0.114. The van der Waals surface area contributed by atoms with E-state index in [1.165, 1.54) is 6.92 Å². The van der Waals surface area contributed by atoms with Gasteiger partial charge >= 0.3 is 0 Å². The van der Waals surface area contributed by atoms with Gasteiger partial charge in [0.05, 0.1) is 8.07 Å². The van der Waals surface area contributed by atoms with Crippen molar-refractivity contribution in [1.29, 1.82) is 0 Å². The summed E-state index contributed by atoms with van der Waals surface area (Å²) in [5, 5.41) is 3.22. The second-order valence-electron chi connectivity index (χ2n) is 8.51. The molecule has 0 radical (unpaired) electrons. The lowest BCUT2D eigenvalue weighted by Crippen LogP contribution is -2.42. The fourth-order valence-corrected chi connectivity index (χ4v) is 6.28. The van der Waals surface area contributed by atoms with Crippen molar-refractivity contribution in [3.05, 3.63) is 18.2 Å². The smallest absolute Gasteiger partial charge is 0.222 e. The molecule has 0 saturated carbocycles. The SMILES string of the molecule is CC(=O)Nc1cccc([S-](=O)=NC(C)(C)C[Si](C)(C)C(C)(C)C)n1. The second-order valence-corrected chi connectivity index (χ2v) is 15.2. The van der Waals surface area contributed by atoms with Gasteiger partial charge in [0.2, 0.25) is 5.91 Å². The third kappa shape index (κ3) is 6.01. The summed E-state index contributed by atoms with van der Waals surface area (Å²) in [5.41, 5.74) is -0.389. The van der Waals surface area contributed by atoms with E-state index in [0.717, 1.165) is 6.04 Å². The van der Waals surface area contributed by atoms with Gasteiger partial charge in [-0.05, 0) is 36.0 Å². The number of nitrogens with one attached hydrogen (secondary N) is 1. The second kappa shape index (κ2) is 7.35. The Hall–Kier alpha value is -1.21. The highest BCUT2D eigenvalue weighted by atomic mass is 32.2. The number of hydrogen-bond acceptors (Lipinski definition) is 5. The molecule has 136 valence electrons. The van der Waals surface area contributed by atoms with Crippen LogP contribution in [0.25, 0.3) is 0 Å². The molecule has 1 rings (SSSR count). The van der Waals surface area contributed by atoms with Crippen molar-refractivity contribution in [2.24, 2.45) is 4.36 Å². The predicted molar refractivity (Wildman–Crippen MR) is 103 cm³/mol. The van der Waals surface area contributed by atoms with E-state index in [0.29, 0.717) is 10.8 Å². The van der Waals surface area contributed by atoms with Gasteiger partial charge in [-0.3, -0.25) is 9.78 Å². The largest absolute Gasteiger partial charge is 0.439 e. The van der Waals surface area contributed by atoms with Gasteiger partial charge in [-0.2, -0.15) is 0 Å². The van der Waals surface area contributed by atoms with Gasteiger partial charge in [-0.1, -0.05) is 46.0 Å². The summed E-state index contributed by atoms with van der Waals surface area (Å²) in [6.07, 6.45) is 0. The number of pyridine rings is 1. The number of anilines is 1. The van der Waals surface area contributed by atoms with Gasteiger partial charge in [0.1, 0.15) is 5.82 Å². The fourth-order valence-electron chi connectivity index (χ4n) is 2.41. The summed E-state index contributed by atoms with van der Waals surface area (Å²) in [4.78, 5) is 15.4. The molecule has 1 amide bonds. The summed E-state index contributed by atoms with van der Waals surface area (Å²) in [6, 6.07) is 6.01. The molecule has 0 aliphatic heterocycles. The van der Waals surface area contributed by atoms with Crippen LogP contribution in [0.4, 0.5) is 5.82 Å². The first kappa shape index (κ1) is 20.8. The van der Waals surface area contributed by atoms with Crippen LogP contribution in [0.15, 0.2) is 27.6 Å². The van der Waals surface area contributed by atoms with Crippen LogP contribution < -0.4 is 5.32 Å². The van der Waals surface area contributed by atoms with Crippen LogP contribution >= 0.6 is 0 Å². The van der Waals surface area contributed by atoms with Gasteiger partial charge in [0, 0.05) is 12.5 Å². The van der Waals surface area contributed by atoms with Crippen LogP contribution in [-0.4, -0.2) is 24.5 Å². The predicted octanol–water partition coefficient (Wildman–Crippen LogP) is 4.83. The zero-order valence-corrected chi connectivity index (χ0v) is 17.9. The first-order valence-corrected chi connectivity index (χ1v) is 12.4. The molecule has 0 aliphatic rings. The maximum Gasteiger partial charge on any atom is 0.222 e. The van der Waals surface area contributed by atoms with Crippen LogP contribution in [0.3, 0.4) is 0 Å². The molecule has 1 aromatic rings. The molecule has 1 N–H and O–H groups in total. The van der Waals surface area contributed by atoms with Crippen LogP contribution in [-0.2, 0) is 19.6 Å². The third-order valence-corrected chi connectivity index (χ3v) is 11.5. The molecule has 1 heterocycles. The van der Waals surface area contributed by atoms with E-state index in [9.17, 15) is 9.00 Å². The number of nitrogens with zero attached hydrogens (tertiary/aromatic N) is 2. The Morgan fingerprint density at radius 2 is 1.83 bits per heavy atom. The highest BCUT2D eigenvalue weighted by molar-refractivity contribution is 7.74. The topological polar surface area (TPSA) is 71.4 Å². The molecule has 0 unspecified atom stereocenters. The molecule has 0 fully saturated rings. The van der Waals surface area contributed by atoms with E-state index in [2.05, 4.69) is 48.5 Å². The lowest BCUT2D eigenvalue weighted by atomic mass is 10.1. The molecule has 0 saturated heterocycles. The zero-order valence-electron chi connectivity index (χ0n) is 16.1. The van der Waals surface area contributed by atoms with Gasteiger partial charge in [-0.25, -0.2) is 0 Å². The molecule has 5 nitrogen and oxygen atoms in total. The highest BCUT2D eigenvalue weighted by Crippen LogP contribution is 2.42. The molecular weight excluding hydrogens is 338 g/mol. The Labute approximate surface area is 148 Å². The first-order chi connectivity index (χ1) is 10.7. The van der Waals surface area contributed by atoms with Crippen LogP contribution in [0.1, 0.15) is 41.5 Å². The van der Waals surface area contributed by atoms with Crippen molar-refractivity contribution in [2.45, 2.75) is 76.3 Å². The van der Waals surface area contributed by atoms with Crippen LogP contribution in [0.2, 0.25) is 24.2 Å². The third-order valence-electron chi connectivity index (χ3n) is 4.44. The summed E-state index contributed by atoms with van der Waals surface area (Å²) < 4.78 is 17.1. The Bertz CT molecular complexity index is 687. The van der Waals surface area contributed by atoms with E-state index in [1.54, 1.807) is 18.2 Å². The van der Waals surface area contributed by atoms with Crippen molar-refractivity contribution in [3.63, 3.8) is 0 Å². The van der Waals surface area contributed by atoms with E-state index in [1.807, 2.05) is 13.8 Å². The number of rotatable bonds is 5. The van der Waals surface area contributed by atoms with Crippen molar-refractivity contribution >= 4 is 30.4 Å². The normalized spacial score (nSPS) is 14.5. The molecule has 24 heavy (non-hydrogen) atoms. The average molecular weight is 369 g/mol. The minimum Gasteiger partial charge on any atom is -0.439 e. The molecule has 0 aliphatic carbocycles. The lowest BCUT2D eigenvalue weighted by Gasteiger charge is -2.42. The Morgan fingerprint density at radius 1 is 1.25 bits per heavy atom. The number of amides is 1. The number of carbonyl (C=O) groups is 1. The number of aromatic nitrogens is 1. The van der Waals surface area contributed by atoms with Gasteiger partial charge in [0.25, 0.3) is 0 Å². The molecular formula is C17H30N3O2SSi-. The summed E-state index contributed by atoms with van der Waals surface area (Å²) >= 11 is 0. The maximum absolute atomic E-state index is 12.6. The van der Waals surface area contributed by atoms with Crippen molar-refractivity contribution in [3.8, 4) is 0 Å². The monoisotopic (exact) mass is 368 g/mol. The maximum atomic E-state index is 12.6. The van der Waals surface area contributed by atoms with E-state index in [4.69, 9.17) is 0 Å². The molecule has 0 atom stereocenters. The highest BCUT2D eigenvalue weighted by Gasteiger charge is 2.38. The Balaban J connectivity index is 3.07. The van der Waals surface area contributed by atoms with Crippen molar-refractivity contribution in [1.82, 2.24) is 4.98 Å². The molecule has 0 aromatic carbocycles. The van der Waals surface area contributed by atoms with E-state index in [-0.39, 0.29) is 16.5 Å². The quantitative estimate of drug-likeness (QED) is 0.597. The standard InChI is InChI=1S/C17H30N3O2SSi/c1-13(21)18-14-10-9-11-15(19-14)23(22)20-17(5,6)12-24(7,8)16(2,3)4/h9-11H,12H2,1-8H3,(H,18,19,21)/q-1. The average Bonchev–Trinajstić information content (AvgIpc) is 2.34. The molecule has 1 aromatic heterocycles. The zero-order chi connectivity index (χ0) is 18.8.